The van der Waals surface area contributed by atoms with E-state index in [9.17, 15) is 10.1 Å². The molecule has 108 valence electrons. The second kappa shape index (κ2) is 6.58. The lowest BCUT2D eigenvalue weighted by atomic mass is 10.1. The van der Waals surface area contributed by atoms with Gasteiger partial charge in [-0.1, -0.05) is 13.3 Å². The van der Waals surface area contributed by atoms with Crippen molar-refractivity contribution >= 4 is 5.91 Å². The zero-order chi connectivity index (χ0) is 14.5. The molecule has 2 heterocycles. The number of hydrogen-bond donors (Lipinski definition) is 0. The topological polar surface area (TPSA) is 60.5 Å². The number of aryl methyl sites for hydroxylation is 1. The Morgan fingerprint density at radius 1 is 1.45 bits per heavy atom. The van der Waals surface area contributed by atoms with E-state index in [2.05, 4.69) is 17.9 Å². The molecule has 0 saturated carbocycles. The molecular weight excluding hydrogens is 254 g/mol. The van der Waals surface area contributed by atoms with Gasteiger partial charge in [0.2, 0.25) is 0 Å². The second-order valence-corrected chi connectivity index (χ2v) is 5.15. The van der Waals surface area contributed by atoms with E-state index in [1.54, 1.807) is 19.3 Å². The van der Waals surface area contributed by atoms with Crippen LogP contribution in [0.3, 0.4) is 0 Å². The highest BCUT2D eigenvalue weighted by atomic mass is 16.3. The molecule has 5 heteroatoms. The van der Waals surface area contributed by atoms with Gasteiger partial charge in [0.1, 0.15) is 5.76 Å². The third kappa shape index (κ3) is 3.02. The van der Waals surface area contributed by atoms with Gasteiger partial charge in [-0.25, -0.2) is 0 Å². The fraction of sp³-hybridized carbons (Fsp3) is 0.600. The Kier molecular flexibility index (Phi) is 4.80. The predicted molar refractivity (Wildman–Crippen MR) is 75.2 cm³/mol. The summed E-state index contributed by atoms with van der Waals surface area (Å²) in [6.07, 6.45) is 3.45. The number of carbonyl (C=O) groups is 1. The molecule has 0 radical (unpaired) electrons. The molecule has 0 aliphatic carbocycles. The van der Waals surface area contributed by atoms with Gasteiger partial charge < -0.3 is 9.32 Å². The summed E-state index contributed by atoms with van der Waals surface area (Å²) >= 11 is 0. The number of nitriles is 1. The first-order valence-electron chi connectivity index (χ1n) is 7.14. The molecule has 1 aromatic rings. The maximum atomic E-state index is 12.3. The Labute approximate surface area is 119 Å². The molecule has 1 aliphatic heterocycles. The highest BCUT2D eigenvalue weighted by Gasteiger charge is 2.27. The molecule has 1 amide bonds. The number of piperazine rings is 1. The molecule has 2 rings (SSSR count). The van der Waals surface area contributed by atoms with Gasteiger partial charge in [0.15, 0.2) is 0 Å². The van der Waals surface area contributed by atoms with Crippen LogP contribution in [-0.4, -0.2) is 47.9 Å². The van der Waals surface area contributed by atoms with Crippen molar-refractivity contribution in [2.45, 2.75) is 32.7 Å². The summed E-state index contributed by atoms with van der Waals surface area (Å²) in [6, 6.07) is 4.06. The summed E-state index contributed by atoms with van der Waals surface area (Å²) in [4.78, 5) is 16.4. The second-order valence-electron chi connectivity index (χ2n) is 5.15. The predicted octanol–water partition coefficient (Wildman–Crippen LogP) is 2.04. The zero-order valence-electron chi connectivity index (χ0n) is 12.1. The van der Waals surface area contributed by atoms with Crippen LogP contribution < -0.4 is 0 Å². The Balaban J connectivity index is 1.93. The van der Waals surface area contributed by atoms with Gasteiger partial charge in [0, 0.05) is 26.2 Å². The van der Waals surface area contributed by atoms with E-state index in [4.69, 9.17) is 4.42 Å². The van der Waals surface area contributed by atoms with Crippen molar-refractivity contribution in [1.82, 2.24) is 9.80 Å². The molecule has 1 aliphatic rings. The van der Waals surface area contributed by atoms with Gasteiger partial charge in [-0.3, -0.25) is 9.69 Å². The van der Waals surface area contributed by atoms with Crippen LogP contribution in [0.5, 0.6) is 0 Å². The van der Waals surface area contributed by atoms with Gasteiger partial charge in [-0.2, -0.15) is 5.26 Å². The van der Waals surface area contributed by atoms with Crippen molar-refractivity contribution in [1.29, 1.82) is 5.26 Å². The van der Waals surface area contributed by atoms with Crippen LogP contribution in [0, 0.1) is 18.3 Å². The van der Waals surface area contributed by atoms with Gasteiger partial charge in [0.05, 0.1) is 23.9 Å². The van der Waals surface area contributed by atoms with Crippen molar-refractivity contribution in [3.63, 3.8) is 0 Å². The van der Waals surface area contributed by atoms with Crippen LogP contribution in [0.4, 0.5) is 0 Å². The molecule has 0 spiro atoms. The summed E-state index contributed by atoms with van der Waals surface area (Å²) in [5, 5.41) is 9.19. The molecule has 20 heavy (non-hydrogen) atoms. The zero-order valence-corrected chi connectivity index (χ0v) is 12.1. The average Bonchev–Trinajstić information content (AvgIpc) is 2.90. The molecule has 0 N–H and O–H groups in total. The SMILES string of the molecule is CCCC(C#N)N1CCN(C(=O)c2ccoc2C)CC1. The first-order valence-corrected chi connectivity index (χ1v) is 7.14. The number of hydrogen-bond acceptors (Lipinski definition) is 4. The fourth-order valence-corrected chi connectivity index (χ4v) is 2.62. The van der Waals surface area contributed by atoms with Crippen LogP contribution in [-0.2, 0) is 0 Å². The summed E-state index contributed by atoms with van der Waals surface area (Å²) in [7, 11) is 0. The van der Waals surface area contributed by atoms with Crippen molar-refractivity contribution in [2.75, 3.05) is 26.2 Å². The molecule has 1 aromatic heterocycles. The van der Waals surface area contributed by atoms with E-state index < -0.39 is 0 Å². The summed E-state index contributed by atoms with van der Waals surface area (Å²) in [5.41, 5.74) is 0.642. The smallest absolute Gasteiger partial charge is 0.257 e. The Bertz CT molecular complexity index is 495. The Morgan fingerprint density at radius 3 is 2.65 bits per heavy atom. The minimum absolute atomic E-state index is 0.0205. The minimum Gasteiger partial charge on any atom is -0.469 e. The van der Waals surface area contributed by atoms with Crippen molar-refractivity contribution < 1.29 is 9.21 Å². The first-order chi connectivity index (χ1) is 9.67. The molecule has 1 unspecified atom stereocenters. The lowest BCUT2D eigenvalue weighted by Crippen LogP contribution is -2.51. The molecule has 1 saturated heterocycles. The molecule has 0 aromatic carbocycles. The number of carbonyl (C=O) groups excluding carboxylic acids is 1. The third-order valence-corrected chi connectivity index (χ3v) is 3.84. The van der Waals surface area contributed by atoms with E-state index in [-0.39, 0.29) is 11.9 Å². The first kappa shape index (κ1) is 14.6. The third-order valence-electron chi connectivity index (χ3n) is 3.84. The van der Waals surface area contributed by atoms with Crippen LogP contribution in [0.1, 0.15) is 35.9 Å². The fourth-order valence-electron chi connectivity index (χ4n) is 2.62. The van der Waals surface area contributed by atoms with Crippen molar-refractivity contribution in [3.05, 3.63) is 23.7 Å². The van der Waals surface area contributed by atoms with Crippen LogP contribution in [0.2, 0.25) is 0 Å². The van der Waals surface area contributed by atoms with Crippen LogP contribution >= 0.6 is 0 Å². The maximum absolute atomic E-state index is 12.3. The molecule has 5 nitrogen and oxygen atoms in total. The van der Waals surface area contributed by atoms with E-state index in [1.807, 2.05) is 4.90 Å². The monoisotopic (exact) mass is 275 g/mol. The highest BCUT2D eigenvalue weighted by molar-refractivity contribution is 5.95. The van der Waals surface area contributed by atoms with Crippen molar-refractivity contribution in [2.24, 2.45) is 0 Å². The van der Waals surface area contributed by atoms with E-state index in [0.29, 0.717) is 24.4 Å². The van der Waals surface area contributed by atoms with Crippen LogP contribution in [0.25, 0.3) is 0 Å². The Hall–Kier alpha value is -1.80. The molecule has 1 atom stereocenters. The lowest BCUT2D eigenvalue weighted by molar-refractivity contribution is 0.0599. The minimum atomic E-state index is -0.0205. The summed E-state index contributed by atoms with van der Waals surface area (Å²) in [6.45, 7) is 6.76. The maximum Gasteiger partial charge on any atom is 0.257 e. The van der Waals surface area contributed by atoms with Gasteiger partial charge in [0.25, 0.3) is 5.91 Å². The molecule has 1 fully saturated rings. The number of rotatable bonds is 4. The van der Waals surface area contributed by atoms with E-state index in [0.717, 1.165) is 25.9 Å². The normalized spacial score (nSPS) is 17.8. The standard InChI is InChI=1S/C15H21N3O2/c1-3-4-13(11-16)17-6-8-18(9-7-17)15(19)14-5-10-20-12(14)2/h5,10,13H,3-4,6-9H2,1-2H3. The van der Waals surface area contributed by atoms with E-state index >= 15 is 0 Å². The molecular formula is C15H21N3O2. The number of furan rings is 1. The van der Waals surface area contributed by atoms with Crippen molar-refractivity contribution in [3.8, 4) is 6.07 Å². The van der Waals surface area contributed by atoms with Gasteiger partial charge >= 0.3 is 0 Å². The quantitative estimate of drug-likeness (QED) is 0.843. The summed E-state index contributed by atoms with van der Waals surface area (Å²) < 4.78 is 5.18. The van der Waals surface area contributed by atoms with Crippen LogP contribution in [0.15, 0.2) is 16.7 Å². The Morgan fingerprint density at radius 2 is 2.15 bits per heavy atom. The van der Waals surface area contributed by atoms with Gasteiger partial charge in [-0.05, 0) is 19.4 Å². The lowest BCUT2D eigenvalue weighted by Gasteiger charge is -2.36. The van der Waals surface area contributed by atoms with Gasteiger partial charge in [-0.15, -0.1) is 0 Å². The van der Waals surface area contributed by atoms with E-state index in [1.165, 1.54) is 0 Å². The molecule has 0 bridgehead atoms. The number of nitrogens with zero attached hydrogens (tertiary/aromatic N) is 3. The largest absolute Gasteiger partial charge is 0.469 e. The number of amides is 1. The average molecular weight is 275 g/mol. The summed E-state index contributed by atoms with van der Waals surface area (Å²) in [5.74, 6) is 0.693. The highest BCUT2D eigenvalue weighted by Crippen LogP contribution is 2.15.